The minimum atomic E-state index is -3.77. The minimum absolute atomic E-state index is 0.163. The van der Waals surface area contributed by atoms with Gasteiger partial charge in [-0.1, -0.05) is 79.2 Å². The Morgan fingerprint density at radius 1 is 0.865 bits per heavy atom. The summed E-state index contributed by atoms with van der Waals surface area (Å²) in [5.41, 5.74) is 4.29. The molecule has 0 bridgehead atoms. The molecule has 0 aliphatic heterocycles. The van der Waals surface area contributed by atoms with Gasteiger partial charge in [-0.3, -0.25) is 13.9 Å². The zero-order chi connectivity index (χ0) is 27.0. The lowest BCUT2D eigenvalue weighted by atomic mass is 10.0. The minimum Gasteiger partial charge on any atom is -0.357 e. The molecule has 0 aromatic heterocycles. The van der Waals surface area contributed by atoms with Gasteiger partial charge in [-0.05, 0) is 42.2 Å². The molecule has 0 saturated heterocycles. The first-order valence-corrected chi connectivity index (χ1v) is 14.1. The number of amides is 2. The normalized spacial score (nSPS) is 12.0. The number of anilines is 1. The molecule has 8 heteroatoms. The quantitative estimate of drug-likeness (QED) is 0.417. The predicted molar refractivity (Wildman–Crippen MR) is 148 cm³/mol. The Labute approximate surface area is 220 Å². The third kappa shape index (κ3) is 7.67. The number of rotatable bonds is 11. The Morgan fingerprint density at radius 3 is 2.00 bits per heavy atom. The third-order valence-electron chi connectivity index (χ3n) is 6.30. The monoisotopic (exact) mass is 521 g/mol. The van der Waals surface area contributed by atoms with Gasteiger partial charge in [0.15, 0.2) is 0 Å². The van der Waals surface area contributed by atoms with Crippen molar-refractivity contribution < 1.29 is 18.0 Å². The fourth-order valence-electron chi connectivity index (χ4n) is 4.12. The van der Waals surface area contributed by atoms with Crippen LogP contribution in [0, 0.1) is 6.92 Å². The number of nitrogens with one attached hydrogen (secondary N) is 1. The number of carbonyl (C=O) groups is 2. The van der Waals surface area contributed by atoms with Crippen LogP contribution >= 0.6 is 0 Å². The molecule has 196 valence electrons. The van der Waals surface area contributed by atoms with Crippen molar-refractivity contribution in [3.8, 4) is 0 Å². The van der Waals surface area contributed by atoms with Crippen molar-refractivity contribution in [1.82, 2.24) is 10.2 Å². The zero-order valence-corrected chi connectivity index (χ0v) is 22.7. The van der Waals surface area contributed by atoms with Crippen LogP contribution in [0.25, 0.3) is 0 Å². The highest BCUT2D eigenvalue weighted by Gasteiger charge is 2.32. The molecular formula is C29H35N3O4S. The lowest BCUT2D eigenvalue weighted by Crippen LogP contribution is -2.52. The summed E-state index contributed by atoms with van der Waals surface area (Å²) in [7, 11) is -2.24. The van der Waals surface area contributed by atoms with E-state index >= 15 is 0 Å². The van der Waals surface area contributed by atoms with Crippen LogP contribution in [-0.4, -0.2) is 51.0 Å². The molecule has 37 heavy (non-hydrogen) atoms. The summed E-state index contributed by atoms with van der Waals surface area (Å²) < 4.78 is 26.6. The molecule has 2 amide bonds. The van der Waals surface area contributed by atoms with Gasteiger partial charge in [0.1, 0.15) is 12.6 Å². The second-order valence-electron chi connectivity index (χ2n) is 9.12. The van der Waals surface area contributed by atoms with Crippen molar-refractivity contribution in [1.29, 1.82) is 0 Å². The third-order valence-corrected chi connectivity index (χ3v) is 7.44. The van der Waals surface area contributed by atoms with Gasteiger partial charge in [0.25, 0.3) is 0 Å². The van der Waals surface area contributed by atoms with E-state index in [0.29, 0.717) is 12.1 Å². The Morgan fingerprint density at radius 2 is 1.46 bits per heavy atom. The molecule has 0 unspecified atom stereocenters. The van der Waals surface area contributed by atoms with Crippen molar-refractivity contribution in [2.24, 2.45) is 0 Å². The van der Waals surface area contributed by atoms with Gasteiger partial charge in [0, 0.05) is 20.0 Å². The highest BCUT2D eigenvalue weighted by atomic mass is 32.2. The number of aryl methyl sites for hydroxylation is 2. The average Bonchev–Trinajstić information content (AvgIpc) is 2.89. The fraction of sp³-hybridized carbons (Fsp3) is 0.310. The Hall–Kier alpha value is -3.65. The van der Waals surface area contributed by atoms with E-state index in [1.54, 1.807) is 12.1 Å². The number of hydrogen-bond acceptors (Lipinski definition) is 4. The van der Waals surface area contributed by atoms with E-state index in [2.05, 4.69) is 5.32 Å². The first-order valence-electron chi connectivity index (χ1n) is 12.3. The summed E-state index contributed by atoms with van der Waals surface area (Å²) in [6, 6.07) is 23.5. The largest absolute Gasteiger partial charge is 0.357 e. The SMILES string of the molecule is CCc1ccc(N(CC(=O)N(Cc2ccc(C)cc2)[C@H](Cc2ccccc2)C(=O)NC)S(C)(=O)=O)cc1. The summed E-state index contributed by atoms with van der Waals surface area (Å²) in [5, 5.41) is 2.68. The van der Waals surface area contributed by atoms with Crippen LogP contribution in [-0.2, 0) is 39.0 Å². The maximum Gasteiger partial charge on any atom is 0.244 e. The van der Waals surface area contributed by atoms with E-state index in [-0.39, 0.29) is 12.5 Å². The molecule has 0 aliphatic carbocycles. The highest BCUT2D eigenvalue weighted by molar-refractivity contribution is 7.92. The van der Waals surface area contributed by atoms with Gasteiger partial charge in [0.2, 0.25) is 21.8 Å². The van der Waals surface area contributed by atoms with E-state index in [4.69, 9.17) is 0 Å². The number of benzene rings is 3. The van der Waals surface area contributed by atoms with Crippen molar-refractivity contribution in [3.05, 3.63) is 101 Å². The van der Waals surface area contributed by atoms with Crippen molar-refractivity contribution in [2.75, 3.05) is 24.2 Å². The summed E-state index contributed by atoms with van der Waals surface area (Å²) in [5.74, 6) is -0.780. The molecule has 7 nitrogen and oxygen atoms in total. The summed E-state index contributed by atoms with van der Waals surface area (Å²) in [4.78, 5) is 28.4. The van der Waals surface area contributed by atoms with Gasteiger partial charge in [-0.15, -0.1) is 0 Å². The molecule has 0 spiro atoms. The molecule has 3 aromatic carbocycles. The molecule has 0 radical (unpaired) electrons. The van der Waals surface area contributed by atoms with Crippen LogP contribution in [0.2, 0.25) is 0 Å². The van der Waals surface area contributed by atoms with Gasteiger partial charge < -0.3 is 10.2 Å². The van der Waals surface area contributed by atoms with Crippen LogP contribution in [0.3, 0.4) is 0 Å². The van der Waals surface area contributed by atoms with Gasteiger partial charge in [-0.25, -0.2) is 8.42 Å². The second kappa shape index (κ2) is 12.5. The molecular weight excluding hydrogens is 486 g/mol. The highest BCUT2D eigenvalue weighted by Crippen LogP contribution is 2.21. The van der Waals surface area contributed by atoms with Crippen molar-refractivity contribution in [3.63, 3.8) is 0 Å². The van der Waals surface area contributed by atoms with Crippen LogP contribution in [0.5, 0.6) is 0 Å². The topological polar surface area (TPSA) is 86.8 Å². The average molecular weight is 522 g/mol. The smallest absolute Gasteiger partial charge is 0.244 e. The Kier molecular flexibility index (Phi) is 9.47. The lowest BCUT2D eigenvalue weighted by Gasteiger charge is -2.33. The molecule has 0 saturated carbocycles. The zero-order valence-electron chi connectivity index (χ0n) is 21.8. The molecule has 3 rings (SSSR count). The lowest BCUT2D eigenvalue weighted by molar-refractivity contribution is -0.139. The summed E-state index contributed by atoms with van der Waals surface area (Å²) in [6.45, 7) is 3.74. The first-order chi connectivity index (χ1) is 17.6. The number of likely N-dealkylation sites (N-methyl/N-ethyl adjacent to an activating group) is 1. The van der Waals surface area contributed by atoms with Crippen LogP contribution < -0.4 is 9.62 Å². The molecule has 0 fully saturated rings. The van der Waals surface area contributed by atoms with Crippen molar-refractivity contribution >= 4 is 27.5 Å². The Bertz CT molecular complexity index is 1290. The standard InChI is InChI=1S/C29H35N3O4S/c1-5-23-15-17-26(18-16-23)32(37(4,35)36)21-28(33)31(20-25-13-11-22(2)12-14-25)27(29(34)30-3)19-24-9-7-6-8-10-24/h6-18,27H,5,19-21H2,1-4H3,(H,30,34)/t27-/m1/s1. The number of nitrogens with zero attached hydrogens (tertiary/aromatic N) is 2. The van der Waals surface area contributed by atoms with Gasteiger partial charge in [0.05, 0.1) is 11.9 Å². The number of carbonyl (C=O) groups excluding carboxylic acids is 2. The molecule has 3 aromatic rings. The molecule has 0 aliphatic rings. The molecule has 1 N–H and O–H groups in total. The van der Waals surface area contributed by atoms with E-state index in [9.17, 15) is 18.0 Å². The van der Waals surface area contributed by atoms with Crippen LogP contribution in [0.4, 0.5) is 5.69 Å². The maximum atomic E-state index is 13.9. The van der Waals surface area contributed by atoms with E-state index in [0.717, 1.165) is 39.2 Å². The van der Waals surface area contributed by atoms with Gasteiger partial charge >= 0.3 is 0 Å². The van der Waals surface area contributed by atoms with Crippen LogP contribution in [0.15, 0.2) is 78.9 Å². The van der Waals surface area contributed by atoms with E-state index < -0.39 is 28.5 Å². The summed E-state index contributed by atoms with van der Waals surface area (Å²) >= 11 is 0. The number of hydrogen-bond donors (Lipinski definition) is 1. The van der Waals surface area contributed by atoms with Crippen LogP contribution in [0.1, 0.15) is 29.2 Å². The summed E-state index contributed by atoms with van der Waals surface area (Å²) in [6.07, 6.45) is 2.19. The second-order valence-corrected chi connectivity index (χ2v) is 11.0. The first kappa shape index (κ1) is 27.9. The predicted octanol–water partition coefficient (Wildman–Crippen LogP) is 3.71. The fourth-order valence-corrected chi connectivity index (χ4v) is 4.97. The van der Waals surface area contributed by atoms with Gasteiger partial charge in [-0.2, -0.15) is 0 Å². The Balaban J connectivity index is 2.00. The number of sulfonamides is 1. The van der Waals surface area contributed by atoms with E-state index in [1.165, 1.54) is 11.9 Å². The maximum absolute atomic E-state index is 13.9. The van der Waals surface area contributed by atoms with Crippen molar-refractivity contribution in [2.45, 2.75) is 39.3 Å². The molecule has 0 heterocycles. The van der Waals surface area contributed by atoms with E-state index in [1.807, 2.05) is 80.6 Å². The molecule has 1 atom stereocenters.